The number of allylic oxidation sites excluding steroid dienone is 1. The Labute approximate surface area is 162 Å². The van der Waals surface area contributed by atoms with Crippen LogP contribution in [-0.4, -0.2) is 24.7 Å². The third kappa shape index (κ3) is 3.73. The van der Waals surface area contributed by atoms with Crippen molar-refractivity contribution in [3.8, 4) is 0 Å². The number of carbonyl (C=O) groups is 1. The minimum Gasteiger partial charge on any atom is -0.469 e. The molecule has 1 saturated carbocycles. The highest BCUT2D eigenvalue weighted by Gasteiger charge is 2.51. The molecule has 1 saturated heterocycles. The van der Waals surface area contributed by atoms with Crippen LogP contribution in [0.15, 0.2) is 34.5 Å². The Kier molecular flexibility index (Phi) is 5.19. The Hall–Kier alpha value is -1.55. The molecule has 148 valence electrons. The number of aryl methyl sites for hydroxylation is 1. The lowest BCUT2D eigenvalue weighted by Gasteiger charge is -2.46. The normalized spacial score (nSPS) is 36.6. The molecule has 1 N–H and O–H groups in total. The zero-order valence-electron chi connectivity index (χ0n) is 16.9. The van der Waals surface area contributed by atoms with E-state index in [0.29, 0.717) is 18.5 Å². The molecule has 0 spiro atoms. The summed E-state index contributed by atoms with van der Waals surface area (Å²) in [6, 6.07) is 4.29. The summed E-state index contributed by atoms with van der Waals surface area (Å²) >= 11 is 0. The number of nitrogens with one attached hydrogen (secondary N) is 1. The van der Waals surface area contributed by atoms with Gasteiger partial charge in [-0.15, -0.1) is 0 Å². The fraction of sp³-hybridized carbons (Fsp3) is 0.696. The number of esters is 1. The van der Waals surface area contributed by atoms with Crippen molar-refractivity contribution in [2.75, 3.05) is 6.54 Å². The van der Waals surface area contributed by atoms with Gasteiger partial charge in [0.15, 0.2) is 0 Å². The van der Waals surface area contributed by atoms with Crippen molar-refractivity contribution >= 4 is 5.97 Å². The number of fused-ring (bicyclic) bond motifs is 2. The summed E-state index contributed by atoms with van der Waals surface area (Å²) in [6.45, 7) is 7.61. The minimum absolute atomic E-state index is 0.0116. The first kappa shape index (κ1) is 18.8. The van der Waals surface area contributed by atoms with Crippen LogP contribution < -0.4 is 5.32 Å². The highest BCUT2D eigenvalue weighted by molar-refractivity contribution is 5.76. The van der Waals surface area contributed by atoms with Gasteiger partial charge in [0.1, 0.15) is 11.9 Å². The van der Waals surface area contributed by atoms with E-state index in [9.17, 15) is 4.79 Å². The van der Waals surface area contributed by atoms with E-state index < -0.39 is 0 Å². The monoisotopic (exact) mass is 371 g/mol. The average Bonchev–Trinajstić information content (AvgIpc) is 3.23. The number of furan rings is 1. The predicted octanol–water partition coefficient (Wildman–Crippen LogP) is 4.50. The second kappa shape index (κ2) is 7.46. The van der Waals surface area contributed by atoms with Crippen LogP contribution in [0.3, 0.4) is 0 Å². The summed E-state index contributed by atoms with van der Waals surface area (Å²) in [6.07, 6.45) is 10.9. The number of carbonyl (C=O) groups excluding carboxylic acids is 1. The molecule has 0 amide bonds. The predicted molar refractivity (Wildman–Crippen MR) is 105 cm³/mol. The molecule has 1 aromatic heterocycles. The Bertz CT molecular complexity index is 694. The molecule has 2 aliphatic carbocycles. The first-order valence-corrected chi connectivity index (χ1v) is 10.6. The lowest BCUT2D eigenvalue weighted by molar-refractivity contribution is -0.145. The van der Waals surface area contributed by atoms with E-state index in [1.54, 1.807) is 11.8 Å². The lowest BCUT2D eigenvalue weighted by Crippen LogP contribution is -2.41. The van der Waals surface area contributed by atoms with Gasteiger partial charge in [-0.25, -0.2) is 0 Å². The van der Waals surface area contributed by atoms with Crippen LogP contribution in [0.2, 0.25) is 0 Å². The standard InChI is InChI=1S/C23H33NO3/c1-15-6-4-10-23(3)13-21-18(12-20(15)23)19(22(25)27-21)14-24-16(2)8-9-17-7-5-11-26-17/h5,7,11-12,15-16,18-19,21,24H,4,6,8-10,13-14H2,1-3H3/t15-,16+,18+,19-,21+,23-/m0/s1. The summed E-state index contributed by atoms with van der Waals surface area (Å²) in [7, 11) is 0. The van der Waals surface area contributed by atoms with E-state index in [1.165, 1.54) is 19.3 Å². The minimum atomic E-state index is -0.0489. The molecule has 27 heavy (non-hydrogen) atoms. The number of hydrogen-bond acceptors (Lipinski definition) is 4. The van der Waals surface area contributed by atoms with Crippen molar-refractivity contribution in [2.45, 2.75) is 71.4 Å². The molecule has 1 aliphatic heterocycles. The first-order valence-electron chi connectivity index (χ1n) is 10.6. The average molecular weight is 372 g/mol. The molecule has 6 atom stereocenters. The molecular weight excluding hydrogens is 338 g/mol. The van der Waals surface area contributed by atoms with E-state index in [1.807, 2.05) is 12.1 Å². The van der Waals surface area contributed by atoms with Crippen LogP contribution in [0.4, 0.5) is 0 Å². The largest absolute Gasteiger partial charge is 0.469 e. The molecule has 0 unspecified atom stereocenters. The summed E-state index contributed by atoms with van der Waals surface area (Å²) < 4.78 is 11.2. The number of rotatable bonds is 6. The Balaban J connectivity index is 1.39. The maximum atomic E-state index is 12.6. The number of ether oxygens (including phenoxy) is 1. The summed E-state index contributed by atoms with van der Waals surface area (Å²) in [5.41, 5.74) is 1.82. The molecular formula is C23H33NO3. The molecule has 1 aromatic rings. The SMILES string of the molecule is C[C@H](CCc1ccco1)NC[C@@H]1C(=O)O[C@@H]2C[C@]3(C)CCC[C@H](C)C3=C[C@H]12. The highest BCUT2D eigenvalue weighted by Crippen LogP contribution is 2.53. The van der Waals surface area contributed by atoms with Gasteiger partial charge >= 0.3 is 5.97 Å². The van der Waals surface area contributed by atoms with Crippen LogP contribution in [0.5, 0.6) is 0 Å². The molecule has 4 heteroatoms. The van der Waals surface area contributed by atoms with E-state index in [4.69, 9.17) is 9.15 Å². The van der Waals surface area contributed by atoms with Gasteiger partial charge in [0.2, 0.25) is 0 Å². The topological polar surface area (TPSA) is 51.5 Å². The van der Waals surface area contributed by atoms with Gasteiger partial charge in [-0.2, -0.15) is 0 Å². The third-order valence-electron chi connectivity index (χ3n) is 7.17. The van der Waals surface area contributed by atoms with Crippen molar-refractivity contribution in [2.24, 2.45) is 23.2 Å². The van der Waals surface area contributed by atoms with E-state index >= 15 is 0 Å². The summed E-state index contributed by atoms with van der Waals surface area (Å²) in [5, 5.41) is 3.57. The second-order valence-electron chi connectivity index (χ2n) is 9.27. The summed E-state index contributed by atoms with van der Waals surface area (Å²) in [5.74, 6) is 1.84. The van der Waals surface area contributed by atoms with Crippen LogP contribution in [0.1, 0.15) is 58.6 Å². The Morgan fingerprint density at radius 1 is 1.41 bits per heavy atom. The fourth-order valence-corrected chi connectivity index (χ4v) is 5.53. The van der Waals surface area contributed by atoms with Crippen LogP contribution >= 0.6 is 0 Å². The Morgan fingerprint density at radius 2 is 2.26 bits per heavy atom. The third-order valence-corrected chi connectivity index (χ3v) is 7.17. The second-order valence-corrected chi connectivity index (χ2v) is 9.27. The zero-order chi connectivity index (χ0) is 19.0. The maximum absolute atomic E-state index is 12.6. The van der Waals surface area contributed by atoms with Crippen LogP contribution in [0.25, 0.3) is 0 Å². The zero-order valence-corrected chi connectivity index (χ0v) is 16.9. The van der Waals surface area contributed by atoms with Crippen molar-refractivity contribution < 1.29 is 13.9 Å². The maximum Gasteiger partial charge on any atom is 0.311 e. The van der Waals surface area contributed by atoms with Crippen molar-refractivity contribution in [1.82, 2.24) is 5.32 Å². The molecule has 4 nitrogen and oxygen atoms in total. The van der Waals surface area contributed by atoms with Crippen molar-refractivity contribution in [3.63, 3.8) is 0 Å². The molecule has 3 aliphatic rings. The molecule has 0 bridgehead atoms. The van der Waals surface area contributed by atoms with Crippen molar-refractivity contribution in [1.29, 1.82) is 0 Å². The molecule has 0 aromatic carbocycles. The van der Waals surface area contributed by atoms with Crippen LogP contribution in [-0.2, 0) is 16.0 Å². The molecule has 4 rings (SSSR count). The first-order chi connectivity index (χ1) is 13.0. The molecule has 0 radical (unpaired) electrons. The fourth-order valence-electron chi connectivity index (χ4n) is 5.53. The molecule has 2 heterocycles. The van der Waals surface area contributed by atoms with E-state index in [2.05, 4.69) is 32.2 Å². The van der Waals surface area contributed by atoms with Gasteiger partial charge in [0.25, 0.3) is 0 Å². The highest BCUT2D eigenvalue weighted by atomic mass is 16.6. The van der Waals surface area contributed by atoms with Gasteiger partial charge in [-0.05, 0) is 56.1 Å². The Morgan fingerprint density at radius 3 is 3.04 bits per heavy atom. The van der Waals surface area contributed by atoms with Gasteiger partial charge < -0.3 is 14.5 Å². The van der Waals surface area contributed by atoms with E-state index in [0.717, 1.165) is 25.0 Å². The van der Waals surface area contributed by atoms with Gasteiger partial charge in [0, 0.05) is 24.9 Å². The van der Waals surface area contributed by atoms with Gasteiger partial charge in [-0.3, -0.25) is 4.79 Å². The van der Waals surface area contributed by atoms with Gasteiger partial charge in [-0.1, -0.05) is 31.9 Å². The number of hydrogen-bond donors (Lipinski definition) is 1. The van der Waals surface area contributed by atoms with Crippen molar-refractivity contribution in [3.05, 3.63) is 35.8 Å². The lowest BCUT2D eigenvalue weighted by atomic mass is 9.59. The smallest absolute Gasteiger partial charge is 0.311 e. The summed E-state index contributed by atoms with van der Waals surface area (Å²) in [4.78, 5) is 12.6. The van der Waals surface area contributed by atoms with Gasteiger partial charge in [0.05, 0.1) is 12.2 Å². The van der Waals surface area contributed by atoms with E-state index in [-0.39, 0.29) is 29.3 Å². The van der Waals surface area contributed by atoms with Crippen LogP contribution in [0, 0.1) is 23.2 Å². The quantitative estimate of drug-likeness (QED) is 0.591. The molecule has 2 fully saturated rings.